The number of ether oxygens (including phenoxy) is 1. The highest BCUT2D eigenvalue weighted by Gasteiger charge is 2.36. The van der Waals surface area contributed by atoms with Gasteiger partial charge in [0.15, 0.2) is 0 Å². The summed E-state index contributed by atoms with van der Waals surface area (Å²) in [4.78, 5) is 25.8. The van der Waals surface area contributed by atoms with Gasteiger partial charge in [-0.15, -0.1) is 0 Å². The Balaban J connectivity index is 1.53. The Kier molecular flexibility index (Phi) is 6.70. The molecule has 0 radical (unpaired) electrons. The number of piperidine rings is 1. The van der Waals surface area contributed by atoms with Gasteiger partial charge in [-0.3, -0.25) is 9.59 Å². The van der Waals surface area contributed by atoms with Gasteiger partial charge in [-0.1, -0.05) is 0 Å². The molecule has 2 N–H and O–H groups in total. The van der Waals surface area contributed by atoms with E-state index in [0.717, 1.165) is 64.3 Å². The van der Waals surface area contributed by atoms with Crippen LogP contribution in [0, 0.1) is 11.8 Å². The molecule has 25 heavy (non-hydrogen) atoms. The molecule has 0 aromatic rings. The normalized spacial score (nSPS) is 30.6. The smallest absolute Gasteiger partial charge is 0.224 e. The molecular formula is C19H33N3O3. The molecule has 0 spiro atoms. The number of amides is 2. The number of carbonyl (C=O) groups excluding carboxylic acids is 2. The van der Waals surface area contributed by atoms with E-state index in [-0.39, 0.29) is 11.8 Å². The van der Waals surface area contributed by atoms with E-state index in [1.165, 1.54) is 13.3 Å². The maximum atomic E-state index is 12.7. The SMILES string of the molecule is CC(=O)NCCC(=O)N1CCCCC1C1CCOC(CC2CNC2)C1. The van der Waals surface area contributed by atoms with E-state index < -0.39 is 0 Å². The molecule has 3 atom stereocenters. The number of rotatable bonds is 6. The lowest BCUT2D eigenvalue weighted by Gasteiger charge is -2.44. The Bertz CT molecular complexity index is 467. The lowest BCUT2D eigenvalue weighted by Crippen LogP contribution is -2.51. The molecule has 2 amide bonds. The van der Waals surface area contributed by atoms with Gasteiger partial charge in [0, 0.05) is 39.1 Å². The van der Waals surface area contributed by atoms with Crippen molar-refractivity contribution < 1.29 is 14.3 Å². The van der Waals surface area contributed by atoms with Crippen LogP contribution in [0.5, 0.6) is 0 Å². The predicted molar refractivity (Wildman–Crippen MR) is 96.1 cm³/mol. The molecule has 0 bridgehead atoms. The molecule has 0 aliphatic carbocycles. The molecule has 0 aromatic heterocycles. The van der Waals surface area contributed by atoms with Crippen molar-refractivity contribution in [3.63, 3.8) is 0 Å². The zero-order valence-electron chi connectivity index (χ0n) is 15.5. The van der Waals surface area contributed by atoms with E-state index >= 15 is 0 Å². The van der Waals surface area contributed by atoms with E-state index in [1.807, 2.05) is 0 Å². The first-order valence-electron chi connectivity index (χ1n) is 9.99. The van der Waals surface area contributed by atoms with Crippen LogP contribution in [0.25, 0.3) is 0 Å². The van der Waals surface area contributed by atoms with Crippen LogP contribution in [0.3, 0.4) is 0 Å². The third-order valence-corrected chi connectivity index (χ3v) is 6.00. The number of carbonyl (C=O) groups is 2. The summed E-state index contributed by atoms with van der Waals surface area (Å²) in [7, 11) is 0. The third kappa shape index (κ3) is 5.17. The van der Waals surface area contributed by atoms with Gasteiger partial charge in [0.25, 0.3) is 0 Å². The summed E-state index contributed by atoms with van der Waals surface area (Å²) in [5, 5.41) is 6.08. The van der Waals surface area contributed by atoms with Gasteiger partial charge >= 0.3 is 0 Å². The van der Waals surface area contributed by atoms with Gasteiger partial charge in [-0.05, 0) is 63.5 Å². The van der Waals surface area contributed by atoms with Crippen molar-refractivity contribution >= 4 is 11.8 Å². The van der Waals surface area contributed by atoms with Crippen LogP contribution in [0.2, 0.25) is 0 Å². The minimum atomic E-state index is -0.0688. The summed E-state index contributed by atoms with van der Waals surface area (Å²) in [6, 6.07) is 0.365. The molecule has 3 heterocycles. The fourth-order valence-electron chi connectivity index (χ4n) is 4.56. The molecule has 6 heteroatoms. The van der Waals surface area contributed by atoms with E-state index in [9.17, 15) is 9.59 Å². The number of nitrogens with zero attached hydrogens (tertiary/aromatic N) is 1. The number of nitrogens with one attached hydrogen (secondary N) is 2. The summed E-state index contributed by atoms with van der Waals surface area (Å²) in [6.45, 7) is 5.90. The Labute approximate surface area is 151 Å². The summed E-state index contributed by atoms with van der Waals surface area (Å²) in [5.74, 6) is 1.47. The molecule has 142 valence electrons. The van der Waals surface area contributed by atoms with Crippen LogP contribution < -0.4 is 10.6 Å². The van der Waals surface area contributed by atoms with Gasteiger partial charge in [0.2, 0.25) is 11.8 Å². The lowest BCUT2D eigenvalue weighted by molar-refractivity contribution is -0.138. The molecule has 3 saturated heterocycles. The van der Waals surface area contributed by atoms with Gasteiger partial charge in [0.05, 0.1) is 6.10 Å². The second-order valence-corrected chi connectivity index (χ2v) is 7.92. The second kappa shape index (κ2) is 8.99. The van der Waals surface area contributed by atoms with Crippen LogP contribution in [0.1, 0.15) is 51.9 Å². The highest BCUT2D eigenvalue weighted by molar-refractivity contribution is 5.78. The average molecular weight is 351 g/mol. The number of hydrogen-bond donors (Lipinski definition) is 2. The molecule has 3 rings (SSSR count). The van der Waals surface area contributed by atoms with Crippen molar-refractivity contribution in [2.24, 2.45) is 11.8 Å². The predicted octanol–water partition coefficient (Wildman–Crippen LogP) is 1.30. The first kappa shape index (κ1) is 18.6. The molecule has 0 aromatic carbocycles. The molecule has 0 saturated carbocycles. The van der Waals surface area contributed by atoms with E-state index in [1.54, 1.807) is 0 Å². The van der Waals surface area contributed by atoms with Crippen LogP contribution in [0.15, 0.2) is 0 Å². The van der Waals surface area contributed by atoms with Crippen LogP contribution >= 0.6 is 0 Å². The van der Waals surface area contributed by atoms with E-state index in [4.69, 9.17) is 4.74 Å². The van der Waals surface area contributed by atoms with E-state index in [0.29, 0.717) is 31.0 Å². The van der Waals surface area contributed by atoms with Crippen molar-refractivity contribution in [1.82, 2.24) is 15.5 Å². The summed E-state index contributed by atoms with van der Waals surface area (Å²) >= 11 is 0. The Morgan fingerprint density at radius 2 is 2.08 bits per heavy atom. The number of likely N-dealkylation sites (tertiary alicyclic amines) is 1. The maximum absolute atomic E-state index is 12.7. The zero-order chi connectivity index (χ0) is 17.6. The Morgan fingerprint density at radius 3 is 2.80 bits per heavy atom. The first-order chi connectivity index (χ1) is 12.1. The summed E-state index contributed by atoms with van der Waals surface area (Å²) < 4.78 is 6.01. The molecule has 6 nitrogen and oxygen atoms in total. The second-order valence-electron chi connectivity index (χ2n) is 7.92. The fourth-order valence-corrected chi connectivity index (χ4v) is 4.56. The molecule has 3 fully saturated rings. The van der Waals surface area contributed by atoms with Crippen LogP contribution in [0.4, 0.5) is 0 Å². The van der Waals surface area contributed by atoms with Crippen molar-refractivity contribution in [3.8, 4) is 0 Å². The van der Waals surface area contributed by atoms with Gasteiger partial charge in [0.1, 0.15) is 0 Å². The highest BCUT2D eigenvalue weighted by Crippen LogP contribution is 2.34. The molecule has 3 aliphatic rings. The summed E-state index contributed by atoms with van der Waals surface area (Å²) in [6.07, 6.45) is 7.54. The summed E-state index contributed by atoms with van der Waals surface area (Å²) in [5.41, 5.74) is 0. The third-order valence-electron chi connectivity index (χ3n) is 6.00. The van der Waals surface area contributed by atoms with Gasteiger partial charge in [-0.2, -0.15) is 0 Å². The maximum Gasteiger partial charge on any atom is 0.224 e. The van der Waals surface area contributed by atoms with Crippen molar-refractivity contribution in [1.29, 1.82) is 0 Å². The monoisotopic (exact) mass is 351 g/mol. The number of hydrogen-bond acceptors (Lipinski definition) is 4. The quantitative estimate of drug-likeness (QED) is 0.757. The minimum Gasteiger partial charge on any atom is -0.378 e. The Hall–Kier alpha value is -1.14. The van der Waals surface area contributed by atoms with Crippen LogP contribution in [-0.2, 0) is 14.3 Å². The van der Waals surface area contributed by atoms with Gasteiger partial charge in [-0.25, -0.2) is 0 Å². The van der Waals surface area contributed by atoms with Crippen molar-refractivity contribution in [2.75, 3.05) is 32.8 Å². The zero-order valence-corrected chi connectivity index (χ0v) is 15.5. The first-order valence-corrected chi connectivity index (χ1v) is 9.99. The van der Waals surface area contributed by atoms with Crippen LogP contribution in [-0.4, -0.2) is 61.6 Å². The fraction of sp³-hybridized carbons (Fsp3) is 0.895. The van der Waals surface area contributed by atoms with Crippen molar-refractivity contribution in [3.05, 3.63) is 0 Å². The lowest BCUT2D eigenvalue weighted by atomic mass is 9.80. The minimum absolute atomic E-state index is 0.0688. The standard InChI is InChI=1S/C19H33N3O3/c1-14(23)21-7-5-19(24)22-8-3-2-4-18(22)16-6-9-25-17(11-16)10-15-12-20-13-15/h15-18,20H,2-13H2,1H3,(H,21,23). The molecule has 3 unspecified atom stereocenters. The van der Waals surface area contributed by atoms with Crippen molar-refractivity contribution in [2.45, 2.75) is 64.0 Å². The van der Waals surface area contributed by atoms with E-state index in [2.05, 4.69) is 15.5 Å². The van der Waals surface area contributed by atoms with Gasteiger partial charge < -0.3 is 20.3 Å². The Morgan fingerprint density at radius 1 is 1.24 bits per heavy atom. The largest absolute Gasteiger partial charge is 0.378 e. The average Bonchev–Trinajstić information content (AvgIpc) is 2.58. The topological polar surface area (TPSA) is 70.7 Å². The molecular weight excluding hydrogens is 318 g/mol. The highest BCUT2D eigenvalue weighted by atomic mass is 16.5. The molecule has 3 aliphatic heterocycles.